The van der Waals surface area contributed by atoms with E-state index in [0.29, 0.717) is 12.5 Å². The van der Waals surface area contributed by atoms with Crippen LogP contribution in [0.4, 0.5) is 0 Å². The first-order chi connectivity index (χ1) is 12.5. The van der Waals surface area contributed by atoms with E-state index in [1.165, 1.54) is 4.88 Å². The molecule has 1 atom stereocenters. The standard InChI is InChI=1S/C20H34N4OS.HI/c1-5-21-19(22-14-16(2)13-17-9-8-12-26-17)23-15-20(10-6-7-11-20)18(25)24(3)4;/h8-9,12,16H,5-7,10-11,13-15H2,1-4H3,(H2,21,22,23);1H. The Balaban J connectivity index is 0.00000364. The molecule has 2 rings (SSSR count). The van der Waals surface area contributed by atoms with Crippen molar-refractivity contribution in [1.82, 2.24) is 15.5 Å². The van der Waals surface area contributed by atoms with Crippen LogP contribution < -0.4 is 10.6 Å². The summed E-state index contributed by atoms with van der Waals surface area (Å²) >= 11 is 1.81. The molecule has 1 aromatic heterocycles. The number of rotatable bonds is 8. The third kappa shape index (κ3) is 7.25. The van der Waals surface area contributed by atoms with E-state index in [1.807, 2.05) is 25.4 Å². The van der Waals surface area contributed by atoms with Gasteiger partial charge in [0.15, 0.2) is 5.96 Å². The molecule has 1 aromatic rings. The van der Waals surface area contributed by atoms with Crippen molar-refractivity contribution in [3.05, 3.63) is 22.4 Å². The van der Waals surface area contributed by atoms with Crippen molar-refractivity contribution in [3.63, 3.8) is 0 Å². The van der Waals surface area contributed by atoms with Crippen LogP contribution >= 0.6 is 35.3 Å². The highest BCUT2D eigenvalue weighted by Gasteiger charge is 2.42. The maximum absolute atomic E-state index is 12.7. The molecule has 1 aliphatic rings. The molecule has 1 unspecified atom stereocenters. The molecule has 1 aliphatic carbocycles. The van der Waals surface area contributed by atoms with Gasteiger partial charge in [-0.3, -0.25) is 9.79 Å². The van der Waals surface area contributed by atoms with Gasteiger partial charge in [0.25, 0.3) is 0 Å². The zero-order chi connectivity index (χ0) is 19.0. The molecule has 1 saturated carbocycles. The first kappa shape index (κ1) is 24.2. The Kier molecular flexibility index (Phi) is 10.7. The van der Waals surface area contributed by atoms with Gasteiger partial charge in [0.2, 0.25) is 5.91 Å². The van der Waals surface area contributed by atoms with E-state index in [2.05, 4.69) is 42.0 Å². The lowest BCUT2D eigenvalue weighted by molar-refractivity contribution is -0.138. The molecular formula is C20H35IN4OS. The monoisotopic (exact) mass is 506 g/mol. The first-order valence-corrected chi connectivity index (χ1v) is 10.6. The summed E-state index contributed by atoms with van der Waals surface area (Å²) in [5.41, 5.74) is -0.311. The lowest BCUT2D eigenvalue weighted by Crippen LogP contribution is -2.43. The summed E-state index contributed by atoms with van der Waals surface area (Å²) in [4.78, 5) is 20.6. The molecule has 1 fully saturated rings. The lowest BCUT2D eigenvalue weighted by Gasteiger charge is -2.29. The third-order valence-corrected chi connectivity index (χ3v) is 5.95. The summed E-state index contributed by atoms with van der Waals surface area (Å²) in [5.74, 6) is 1.57. The third-order valence-electron chi connectivity index (χ3n) is 5.05. The molecule has 1 amide bonds. The van der Waals surface area contributed by atoms with Crippen LogP contribution in [0.2, 0.25) is 0 Å². The van der Waals surface area contributed by atoms with Crippen molar-refractivity contribution in [3.8, 4) is 0 Å². The number of nitrogens with zero attached hydrogens (tertiary/aromatic N) is 2. The molecule has 0 saturated heterocycles. The Morgan fingerprint density at radius 3 is 2.59 bits per heavy atom. The second-order valence-corrected chi connectivity index (χ2v) is 8.68. The van der Waals surface area contributed by atoms with Crippen molar-refractivity contribution >= 4 is 47.2 Å². The number of halogens is 1. The molecular weight excluding hydrogens is 471 g/mol. The van der Waals surface area contributed by atoms with Crippen LogP contribution in [0.5, 0.6) is 0 Å². The van der Waals surface area contributed by atoms with E-state index in [-0.39, 0.29) is 35.3 Å². The van der Waals surface area contributed by atoms with E-state index >= 15 is 0 Å². The van der Waals surface area contributed by atoms with Crippen LogP contribution in [0.1, 0.15) is 44.4 Å². The zero-order valence-corrected chi connectivity index (χ0v) is 20.2. The molecule has 7 heteroatoms. The predicted molar refractivity (Wildman–Crippen MR) is 126 cm³/mol. The van der Waals surface area contributed by atoms with Crippen LogP contribution in [0.3, 0.4) is 0 Å². The van der Waals surface area contributed by atoms with Crippen molar-refractivity contribution in [2.45, 2.75) is 46.0 Å². The van der Waals surface area contributed by atoms with Crippen molar-refractivity contribution < 1.29 is 4.79 Å². The van der Waals surface area contributed by atoms with Crippen molar-refractivity contribution in [2.24, 2.45) is 16.3 Å². The van der Waals surface area contributed by atoms with Crippen LogP contribution in [0, 0.1) is 11.3 Å². The molecule has 0 bridgehead atoms. The van der Waals surface area contributed by atoms with Gasteiger partial charge in [-0.2, -0.15) is 0 Å². The minimum absolute atomic E-state index is 0. The fourth-order valence-corrected chi connectivity index (χ4v) is 4.52. The van der Waals surface area contributed by atoms with Crippen LogP contribution in [-0.2, 0) is 11.2 Å². The number of thiophene rings is 1. The number of carbonyl (C=O) groups excluding carboxylic acids is 1. The molecule has 0 aromatic carbocycles. The van der Waals surface area contributed by atoms with Crippen molar-refractivity contribution in [2.75, 3.05) is 33.7 Å². The first-order valence-electron chi connectivity index (χ1n) is 9.73. The van der Waals surface area contributed by atoms with Gasteiger partial charge < -0.3 is 15.5 Å². The van der Waals surface area contributed by atoms with Gasteiger partial charge in [-0.15, -0.1) is 35.3 Å². The molecule has 27 heavy (non-hydrogen) atoms. The average Bonchev–Trinajstić information content (AvgIpc) is 3.29. The maximum atomic E-state index is 12.7. The van der Waals surface area contributed by atoms with Gasteiger partial charge in [-0.1, -0.05) is 25.8 Å². The summed E-state index contributed by atoms with van der Waals surface area (Å²) in [5, 5.41) is 8.91. The second-order valence-electron chi connectivity index (χ2n) is 7.65. The fraction of sp³-hybridized carbons (Fsp3) is 0.700. The van der Waals surface area contributed by atoms with Gasteiger partial charge in [-0.25, -0.2) is 0 Å². The summed E-state index contributed by atoms with van der Waals surface area (Å²) in [6.45, 7) is 6.59. The number of nitrogens with one attached hydrogen (secondary N) is 2. The maximum Gasteiger partial charge on any atom is 0.230 e. The Labute approximate surface area is 185 Å². The summed E-state index contributed by atoms with van der Waals surface area (Å²) in [6, 6.07) is 4.30. The molecule has 154 valence electrons. The van der Waals surface area contributed by atoms with E-state index in [0.717, 1.165) is 51.2 Å². The van der Waals surface area contributed by atoms with Gasteiger partial charge in [0, 0.05) is 32.1 Å². The highest BCUT2D eigenvalue weighted by molar-refractivity contribution is 14.0. The number of aliphatic imine (C=N–C) groups is 1. The van der Waals surface area contributed by atoms with E-state index in [1.54, 1.807) is 4.90 Å². The molecule has 0 radical (unpaired) electrons. The minimum Gasteiger partial charge on any atom is -0.357 e. The van der Waals surface area contributed by atoms with E-state index in [9.17, 15) is 4.79 Å². The summed E-state index contributed by atoms with van der Waals surface area (Å²) < 4.78 is 0. The van der Waals surface area contributed by atoms with E-state index < -0.39 is 0 Å². The Morgan fingerprint density at radius 1 is 1.33 bits per heavy atom. The average molecular weight is 506 g/mol. The van der Waals surface area contributed by atoms with Crippen LogP contribution in [-0.4, -0.2) is 50.5 Å². The molecule has 0 spiro atoms. The fourth-order valence-electron chi connectivity index (χ4n) is 3.65. The number of hydrogen-bond donors (Lipinski definition) is 2. The highest BCUT2D eigenvalue weighted by Crippen LogP contribution is 2.39. The summed E-state index contributed by atoms with van der Waals surface area (Å²) in [7, 11) is 3.70. The van der Waals surface area contributed by atoms with Crippen molar-refractivity contribution in [1.29, 1.82) is 0 Å². The smallest absolute Gasteiger partial charge is 0.230 e. The normalized spacial score (nSPS) is 17.1. The topological polar surface area (TPSA) is 56.7 Å². The lowest BCUT2D eigenvalue weighted by atomic mass is 9.85. The van der Waals surface area contributed by atoms with Crippen LogP contribution in [0.15, 0.2) is 22.5 Å². The predicted octanol–water partition coefficient (Wildman–Crippen LogP) is 3.75. The summed E-state index contributed by atoms with van der Waals surface area (Å²) in [6.07, 6.45) is 5.21. The SMILES string of the molecule is CCNC(=NCC1(C(=O)N(C)C)CCCC1)NCC(C)Cc1cccs1.I. The molecule has 5 nitrogen and oxygen atoms in total. The zero-order valence-electron chi connectivity index (χ0n) is 17.1. The van der Waals surface area contributed by atoms with Gasteiger partial charge >= 0.3 is 0 Å². The number of guanidine groups is 1. The van der Waals surface area contributed by atoms with Gasteiger partial charge in [0.05, 0.1) is 12.0 Å². The number of amides is 1. The Morgan fingerprint density at radius 2 is 2.04 bits per heavy atom. The molecule has 2 N–H and O–H groups in total. The molecule has 0 aliphatic heterocycles. The highest BCUT2D eigenvalue weighted by atomic mass is 127. The number of hydrogen-bond acceptors (Lipinski definition) is 3. The molecule has 1 heterocycles. The second kappa shape index (κ2) is 11.9. The quantitative estimate of drug-likeness (QED) is 0.321. The largest absolute Gasteiger partial charge is 0.357 e. The Hall–Kier alpha value is -0.830. The Bertz CT molecular complexity index is 583. The van der Waals surface area contributed by atoms with Crippen LogP contribution in [0.25, 0.3) is 0 Å². The number of carbonyl (C=O) groups is 1. The minimum atomic E-state index is -0.311. The van der Waals surface area contributed by atoms with Gasteiger partial charge in [-0.05, 0) is 43.6 Å². The van der Waals surface area contributed by atoms with E-state index in [4.69, 9.17) is 4.99 Å². The van der Waals surface area contributed by atoms with Gasteiger partial charge in [0.1, 0.15) is 0 Å².